The molecule has 2 aromatic carbocycles. The first-order chi connectivity index (χ1) is 12.1. The zero-order chi connectivity index (χ0) is 17.8. The Morgan fingerprint density at radius 2 is 1.96 bits per heavy atom. The molecule has 7 heteroatoms. The third-order valence-electron chi connectivity index (χ3n) is 3.72. The molecule has 1 N–H and O–H groups in total. The standard InChI is InChI=1S/C18H18BrN3O3/c1-11-8-12(4-7-15(11)19)20-10-17-21-18(22-25-17)14-6-5-13(23-2)9-16(14)24-3/h4-9,20H,10H2,1-3H3. The molecule has 3 aromatic rings. The van der Waals surface area contributed by atoms with E-state index in [4.69, 9.17) is 14.0 Å². The van der Waals surface area contributed by atoms with Gasteiger partial charge in [0.1, 0.15) is 11.5 Å². The van der Waals surface area contributed by atoms with Crippen LogP contribution in [0.25, 0.3) is 11.4 Å². The third kappa shape index (κ3) is 3.93. The fraction of sp³-hybridized carbons (Fsp3) is 0.222. The fourth-order valence-corrected chi connectivity index (χ4v) is 2.60. The molecule has 0 aliphatic heterocycles. The topological polar surface area (TPSA) is 69.4 Å². The molecule has 0 spiro atoms. The van der Waals surface area contributed by atoms with E-state index in [0.29, 0.717) is 29.8 Å². The molecule has 0 amide bonds. The summed E-state index contributed by atoms with van der Waals surface area (Å²) in [6.07, 6.45) is 0. The molecule has 25 heavy (non-hydrogen) atoms. The Kier molecular flexibility index (Phi) is 5.23. The molecule has 0 aliphatic rings. The summed E-state index contributed by atoms with van der Waals surface area (Å²) in [5.41, 5.74) is 2.89. The largest absolute Gasteiger partial charge is 0.497 e. The number of benzene rings is 2. The predicted octanol–water partition coefficient (Wildman–Crippen LogP) is 4.44. The van der Waals surface area contributed by atoms with Gasteiger partial charge in [-0.15, -0.1) is 0 Å². The van der Waals surface area contributed by atoms with Crippen molar-refractivity contribution >= 4 is 21.6 Å². The molecule has 1 aromatic heterocycles. The second kappa shape index (κ2) is 7.57. The summed E-state index contributed by atoms with van der Waals surface area (Å²) in [5, 5.41) is 7.31. The van der Waals surface area contributed by atoms with Crippen molar-refractivity contribution < 1.29 is 14.0 Å². The molecule has 1 heterocycles. The highest BCUT2D eigenvalue weighted by Crippen LogP contribution is 2.31. The molecule has 0 unspecified atom stereocenters. The van der Waals surface area contributed by atoms with Gasteiger partial charge in [0, 0.05) is 16.2 Å². The minimum Gasteiger partial charge on any atom is -0.497 e. The fourth-order valence-electron chi connectivity index (χ4n) is 2.35. The van der Waals surface area contributed by atoms with Crippen LogP contribution in [-0.2, 0) is 6.54 Å². The maximum Gasteiger partial charge on any atom is 0.246 e. The first-order valence-electron chi connectivity index (χ1n) is 7.65. The van der Waals surface area contributed by atoms with E-state index in [1.807, 2.05) is 37.3 Å². The predicted molar refractivity (Wildman–Crippen MR) is 99.0 cm³/mol. The number of nitrogens with zero attached hydrogens (tertiary/aromatic N) is 2. The van der Waals surface area contributed by atoms with Crippen LogP contribution in [0.2, 0.25) is 0 Å². The van der Waals surface area contributed by atoms with E-state index in [2.05, 4.69) is 31.4 Å². The van der Waals surface area contributed by atoms with Gasteiger partial charge in [-0.2, -0.15) is 4.98 Å². The van der Waals surface area contributed by atoms with Crippen LogP contribution in [0.3, 0.4) is 0 Å². The van der Waals surface area contributed by atoms with E-state index in [1.165, 1.54) is 0 Å². The number of anilines is 1. The highest BCUT2D eigenvalue weighted by atomic mass is 79.9. The summed E-state index contributed by atoms with van der Waals surface area (Å²) < 4.78 is 17.0. The van der Waals surface area contributed by atoms with Gasteiger partial charge in [-0.05, 0) is 42.8 Å². The van der Waals surface area contributed by atoms with Crippen molar-refractivity contribution in [2.45, 2.75) is 13.5 Å². The lowest BCUT2D eigenvalue weighted by Gasteiger charge is -2.07. The van der Waals surface area contributed by atoms with Crippen LogP contribution < -0.4 is 14.8 Å². The Morgan fingerprint density at radius 1 is 1.12 bits per heavy atom. The average molecular weight is 404 g/mol. The number of hydrogen-bond acceptors (Lipinski definition) is 6. The SMILES string of the molecule is COc1ccc(-c2noc(CNc3ccc(Br)c(C)c3)n2)c(OC)c1. The van der Waals surface area contributed by atoms with Gasteiger partial charge in [-0.25, -0.2) is 0 Å². The van der Waals surface area contributed by atoms with Crippen LogP contribution in [0.4, 0.5) is 5.69 Å². The first-order valence-corrected chi connectivity index (χ1v) is 8.45. The minimum absolute atomic E-state index is 0.437. The highest BCUT2D eigenvalue weighted by Gasteiger charge is 2.14. The lowest BCUT2D eigenvalue weighted by atomic mass is 10.2. The van der Waals surface area contributed by atoms with Gasteiger partial charge < -0.3 is 19.3 Å². The van der Waals surface area contributed by atoms with Crippen molar-refractivity contribution in [3.05, 3.63) is 52.3 Å². The maximum atomic E-state index is 5.38. The summed E-state index contributed by atoms with van der Waals surface area (Å²) in [5.74, 6) is 2.30. The lowest BCUT2D eigenvalue weighted by Crippen LogP contribution is -2.00. The number of halogens is 1. The van der Waals surface area contributed by atoms with Crippen LogP contribution in [0.1, 0.15) is 11.5 Å². The molecule has 0 radical (unpaired) electrons. The smallest absolute Gasteiger partial charge is 0.246 e. The Bertz CT molecular complexity index is 880. The number of aromatic nitrogens is 2. The lowest BCUT2D eigenvalue weighted by molar-refractivity contribution is 0.382. The maximum absolute atomic E-state index is 5.38. The Morgan fingerprint density at radius 3 is 2.68 bits per heavy atom. The van der Waals surface area contributed by atoms with Crippen molar-refractivity contribution in [1.82, 2.24) is 10.1 Å². The third-order valence-corrected chi connectivity index (χ3v) is 4.61. The average Bonchev–Trinajstić information content (AvgIpc) is 3.11. The Balaban J connectivity index is 1.75. The van der Waals surface area contributed by atoms with Crippen LogP contribution in [0.15, 0.2) is 45.4 Å². The van der Waals surface area contributed by atoms with Crippen molar-refractivity contribution in [1.29, 1.82) is 0 Å². The van der Waals surface area contributed by atoms with Crippen molar-refractivity contribution in [2.24, 2.45) is 0 Å². The Labute approximate surface area is 154 Å². The quantitative estimate of drug-likeness (QED) is 0.655. The molecule has 0 bridgehead atoms. The van der Waals surface area contributed by atoms with Crippen LogP contribution >= 0.6 is 15.9 Å². The molecule has 0 atom stereocenters. The van der Waals surface area contributed by atoms with Crippen LogP contribution in [0.5, 0.6) is 11.5 Å². The molecule has 0 saturated carbocycles. The van der Waals surface area contributed by atoms with Gasteiger partial charge in [0.05, 0.1) is 26.3 Å². The normalized spacial score (nSPS) is 10.6. The second-order valence-corrected chi connectivity index (χ2v) is 6.25. The summed E-state index contributed by atoms with van der Waals surface area (Å²) in [6.45, 7) is 2.47. The molecule has 3 rings (SSSR count). The first kappa shape index (κ1) is 17.3. The number of ether oxygens (including phenoxy) is 2. The highest BCUT2D eigenvalue weighted by molar-refractivity contribution is 9.10. The van der Waals surface area contributed by atoms with Crippen LogP contribution in [-0.4, -0.2) is 24.4 Å². The number of aryl methyl sites for hydroxylation is 1. The molecular weight excluding hydrogens is 386 g/mol. The van der Waals surface area contributed by atoms with Gasteiger partial charge in [0.15, 0.2) is 0 Å². The molecule has 0 aliphatic carbocycles. The van der Waals surface area contributed by atoms with Crippen LogP contribution in [0, 0.1) is 6.92 Å². The van der Waals surface area contributed by atoms with Gasteiger partial charge in [0.2, 0.25) is 11.7 Å². The molecule has 0 saturated heterocycles. The van der Waals surface area contributed by atoms with E-state index in [-0.39, 0.29) is 0 Å². The summed E-state index contributed by atoms with van der Waals surface area (Å²) in [6, 6.07) is 11.5. The number of nitrogens with one attached hydrogen (secondary N) is 1. The number of rotatable bonds is 6. The molecule has 0 fully saturated rings. The van der Waals surface area contributed by atoms with E-state index < -0.39 is 0 Å². The molecular formula is C18H18BrN3O3. The van der Waals surface area contributed by atoms with Gasteiger partial charge >= 0.3 is 0 Å². The summed E-state index contributed by atoms with van der Waals surface area (Å²) in [7, 11) is 3.20. The Hall–Kier alpha value is -2.54. The van der Waals surface area contributed by atoms with Crippen molar-refractivity contribution in [3.63, 3.8) is 0 Å². The second-order valence-electron chi connectivity index (χ2n) is 5.40. The summed E-state index contributed by atoms with van der Waals surface area (Å²) >= 11 is 3.49. The van der Waals surface area contributed by atoms with Crippen molar-refractivity contribution in [3.8, 4) is 22.9 Å². The van der Waals surface area contributed by atoms with Gasteiger partial charge in [-0.1, -0.05) is 21.1 Å². The van der Waals surface area contributed by atoms with E-state index >= 15 is 0 Å². The van der Waals surface area contributed by atoms with E-state index in [9.17, 15) is 0 Å². The minimum atomic E-state index is 0.437. The van der Waals surface area contributed by atoms with E-state index in [0.717, 1.165) is 21.3 Å². The van der Waals surface area contributed by atoms with Gasteiger partial charge in [-0.3, -0.25) is 0 Å². The van der Waals surface area contributed by atoms with Crippen molar-refractivity contribution in [2.75, 3.05) is 19.5 Å². The number of methoxy groups -OCH3 is 2. The van der Waals surface area contributed by atoms with Gasteiger partial charge in [0.25, 0.3) is 0 Å². The molecule has 130 valence electrons. The van der Waals surface area contributed by atoms with E-state index in [1.54, 1.807) is 20.3 Å². The number of hydrogen-bond donors (Lipinski definition) is 1. The zero-order valence-corrected chi connectivity index (χ0v) is 15.8. The summed E-state index contributed by atoms with van der Waals surface area (Å²) in [4.78, 5) is 4.43. The molecule has 6 nitrogen and oxygen atoms in total. The monoisotopic (exact) mass is 403 g/mol. The zero-order valence-electron chi connectivity index (χ0n) is 14.2.